The number of hydrogen-bond acceptors (Lipinski definition) is 16. The van der Waals surface area contributed by atoms with Crippen LogP contribution >= 0.6 is 0 Å². The van der Waals surface area contributed by atoms with Crippen LogP contribution in [0, 0.1) is 9.81 Å². The van der Waals surface area contributed by atoms with Gasteiger partial charge in [0.05, 0.1) is 22.0 Å². The maximum Gasteiger partial charge on any atom is 0.421 e. The fourth-order valence-electron chi connectivity index (χ4n) is 5.17. The molecule has 0 radical (unpaired) electrons. The first-order chi connectivity index (χ1) is 26.9. The lowest BCUT2D eigenvalue weighted by atomic mass is 10.0. The number of aliphatic hydroxyl groups is 1. The molecule has 1 heterocycles. The summed E-state index contributed by atoms with van der Waals surface area (Å²) in [6.45, 7) is -1.94. The van der Waals surface area contributed by atoms with E-state index in [0.29, 0.717) is 0 Å². The van der Waals surface area contributed by atoms with Crippen LogP contribution < -0.4 is 54.2 Å². The van der Waals surface area contributed by atoms with Crippen molar-refractivity contribution in [2.45, 2.75) is 94.0 Å². The van der Waals surface area contributed by atoms with Gasteiger partial charge >= 0.3 is 12.8 Å². The molecule has 57 heavy (non-hydrogen) atoms. The van der Waals surface area contributed by atoms with Crippen LogP contribution in [0.4, 0.5) is 0 Å². The number of carbonyl (C=O) groups excluding carboxylic acids is 10. The van der Waals surface area contributed by atoms with Crippen molar-refractivity contribution >= 4 is 66.0 Å². The number of nitroso groups, excluding NO2 is 2. The molecule has 316 valence electrons. The molecule has 0 saturated carbocycles. The zero-order valence-electron chi connectivity index (χ0n) is 31.0. The molecule has 14 N–H and O–H groups in total. The standard InChI is InChI=1S/C31H48N12O14/c32-17(14-44)26-35-10-9-22(37-26)31(55)39-19(4-2-12-43(57)16-46)28(52)40-21(6-8-24(34)48)30(54)41-20(5-7-23(33)47)29(53)38-18(3-1-11-42(56)15-45)27(51)36-13-25(49)50/h15-22,44H,1-14,32H2,(H9-2,33,34,35,36,37,38,39,40,41,47,48,49,50,51,52,53,54,55)/p+2/t17-,18+,19+,20-,21+,22+/m1/s1. The molecule has 0 aromatic rings. The van der Waals surface area contributed by atoms with E-state index in [9.17, 15) is 68.0 Å². The normalized spacial score (nSPS) is 16.0. The number of carboxylic acids is 1. The molecule has 1 rings (SSSR count). The van der Waals surface area contributed by atoms with Crippen molar-refractivity contribution in [3.63, 3.8) is 0 Å². The molecule has 1 aliphatic heterocycles. The quantitative estimate of drug-likeness (QED) is 0.0248. The molecule has 1 aliphatic rings. The number of carboxylic acid groups (broad SMARTS) is 1. The predicted molar refractivity (Wildman–Crippen MR) is 188 cm³/mol. The minimum atomic E-state index is -1.68. The first kappa shape index (κ1) is 48.7. The van der Waals surface area contributed by atoms with Crippen molar-refractivity contribution in [2.75, 3.05) is 32.8 Å². The van der Waals surface area contributed by atoms with Gasteiger partial charge in [-0.1, -0.05) is 0 Å². The third kappa shape index (κ3) is 19.2. The van der Waals surface area contributed by atoms with Gasteiger partial charge in [0.2, 0.25) is 54.4 Å². The first-order valence-corrected chi connectivity index (χ1v) is 17.7. The number of quaternary nitrogens is 1. The lowest BCUT2D eigenvalue weighted by Gasteiger charge is -2.28. The van der Waals surface area contributed by atoms with Gasteiger partial charge in [-0.2, -0.15) is 0 Å². The molecule has 0 aliphatic carbocycles. The Morgan fingerprint density at radius 2 is 1.23 bits per heavy atom. The van der Waals surface area contributed by atoms with Crippen LogP contribution in [-0.4, -0.2) is 150 Å². The summed E-state index contributed by atoms with van der Waals surface area (Å²) in [7, 11) is 0. The van der Waals surface area contributed by atoms with Crippen molar-refractivity contribution in [3.05, 3.63) is 9.81 Å². The summed E-state index contributed by atoms with van der Waals surface area (Å²) in [6, 6.07) is -7.91. The maximum atomic E-state index is 13.7. The first-order valence-electron chi connectivity index (χ1n) is 17.7. The third-order valence-electron chi connectivity index (χ3n) is 8.22. The molecule has 0 unspecified atom stereocenters. The molecule has 0 saturated heterocycles. The summed E-state index contributed by atoms with van der Waals surface area (Å²) in [5.41, 5.74) is 14.3. The fourth-order valence-corrected chi connectivity index (χ4v) is 5.17. The largest absolute Gasteiger partial charge is 0.548 e. The zero-order valence-corrected chi connectivity index (χ0v) is 31.0. The summed E-state index contributed by atoms with van der Waals surface area (Å²) in [5.74, 6) is -8.23. The van der Waals surface area contributed by atoms with E-state index in [1.54, 1.807) is 0 Å². The number of primary amides is 2. The zero-order chi connectivity index (χ0) is 43.1. The van der Waals surface area contributed by atoms with Gasteiger partial charge in [0, 0.05) is 42.0 Å². The van der Waals surface area contributed by atoms with E-state index in [1.807, 2.05) is 5.32 Å². The Balaban J connectivity index is 3.35. The molecule has 0 aromatic carbocycles. The van der Waals surface area contributed by atoms with Crippen molar-refractivity contribution in [3.8, 4) is 0 Å². The van der Waals surface area contributed by atoms with Crippen LogP contribution in [-0.2, 0) is 47.9 Å². The van der Waals surface area contributed by atoms with Gasteiger partial charge in [-0.3, -0.25) is 38.6 Å². The number of nitrogens with two attached hydrogens (primary N) is 2. The van der Waals surface area contributed by atoms with Crippen molar-refractivity contribution in [2.24, 2.45) is 16.5 Å². The molecule has 0 fully saturated rings. The molecule has 0 aromatic heterocycles. The Kier molecular flexibility index (Phi) is 22.0. The van der Waals surface area contributed by atoms with E-state index >= 15 is 0 Å². The fraction of sp³-hybridized carbons (Fsp3) is 0.645. The van der Waals surface area contributed by atoms with Gasteiger partial charge in [-0.15, -0.1) is 0 Å². The molecule has 9 amide bonds. The molecule has 26 heteroatoms. The van der Waals surface area contributed by atoms with Gasteiger partial charge in [0.1, 0.15) is 36.8 Å². The number of aliphatic hydroxyl groups excluding tert-OH is 1. The number of carbonyl (C=O) groups is 10. The monoisotopic (exact) mass is 814 g/mol. The summed E-state index contributed by atoms with van der Waals surface area (Å²) in [4.78, 5) is 150. The topological polar surface area (TPSA) is 418 Å². The SMILES string of the molecule is NC(=O)CC[C@H](NC(=O)[C@H](CCC[N+](=O)C=O)NC(=O)[C@@H]1CCN=C([C@H]([NH3+])CO)N1)C(=O)N[C@H](CCC(N)=O)C(=O)N[C@@H](CCC[N+](=O)C=O)C(=O)NCC(=O)[O-]. The second kappa shape index (κ2) is 25.7. The highest BCUT2D eigenvalue weighted by molar-refractivity contribution is 5.97. The Morgan fingerprint density at radius 1 is 0.789 bits per heavy atom. The highest BCUT2D eigenvalue weighted by Gasteiger charge is 2.34. The number of aliphatic carboxylic acids is 1. The summed E-state index contributed by atoms with van der Waals surface area (Å²) in [6.07, 6.45) is -2.57. The van der Waals surface area contributed by atoms with Gasteiger partial charge in [0.25, 0.3) is 0 Å². The van der Waals surface area contributed by atoms with E-state index in [-0.39, 0.29) is 80.0 Å². The number of amidine groups is 1. The Morgan fingerprint density at radius 3 is 1.63 bits per heavy atom. The Hall–Kier alpha value is -6.31. The van der Waals surface area contributed by atoms with E-state index in [1.165, 1.54) is 0 Å². The number of nitrogens with zero attached hydrogens (tertiary/aromatic N) is 3. The second-order valence-corrected chi connectivity index (χ2v) is 12.8. The molecule has 26 nitrogen and oxygen atoms in total. The summed E-state index contributed by atoms with van der Waals surface area (Å²) < 4.78 is 0.0516. The molecular weight excluding hydrogens is 764 g/mol. The lowest BCUT2D eigenvalue weighted by molar-refractivity contribution is -0.454. The minimum absolute atomic E-state index is 0.00176. The minimum Gasteiger partial charge on any atom is -0.548 e. The Bertz CT molecular complexity index is 1560. The number of amides is 9. The second-order valence-electron chi connectivity index (χ2n) is 12.8. The lowest BCUT2D eigenvalue weighted by Crippen LogP contribution is -2.71. The van der Waals surface area contributed by atoms with E-state index in [0.717, 1.165) is 0 Å². The highest BCUT2D eigenvalue weighted by atomic mass is 16.4. The molecule has 0 bridgehead atoms. The van der Waals surface area contributed by atoms with E-state index in [2.05, 4.69) is 37.3 Å². The van der Waals surface area contributed by atoms with Gasteiger partial charge in [-0.25, -0.2) is 9.59 Å². The molecular formula is C31H50N12O14+2. The predicted octanol–water partition coefficient (Wildman–Crippen LogP) is -8.88. The van der Waals surface area contributed by atoms with E-state index in [4.69, 9.17) is 11.5 Å². The smallest absolute Gasteiger partial charge is 0.421 e. The Labute approximate surface area is 324 Å². The van der Waals surface area contributed by atoms with Crippen LogP contribution in [0.2, 0.25) is 0 Å². The highest BCUT2D eigenvalue weighted by Crippen LogP contribution is 2.09. The van der Waals surface area contributed by atoms with Crippen LogP contribution in [0.5, 0.6) is 0 Å². The molecule has 0 spiro atoms. The maximum absolute atomic E-state index is 13.7. The van der Waals surface area contributed by atoms with Crippen molar-refractivity contribution < 1.29 is 73.4 Å². The average Bonchev–Trinajstić information content (AvgIpc) is 3.17. The molecule has 6 atom stereocenters. The van der Waals surface area contributed by atoms with Gasteiger partial charge < -0.3 is 64.1 Å². The van der Waals surface area contributed by atoms with Crippen molar-refractivity contribution in [1.29, 1.82) is 0 Å². The summed E-state index contributed by atoms with van der Waals surface area (Å²) in [5, 5.41) is 34.6. The van der Waals surface area contributed by atoms with Gasteiger partial charge in [-0.05, 0) is 32.1 Å². The van der Waals surface area contributed by atoms with Crippen LogP contribution in [0.15, 0.2) is 4.99 Å². The third-order valence-corrected chi connectivity index (χ3v) is 8.22. The number of aliphatic imine (C=N–C) groups is 1. The van der Waals surface area contributed by atoms with Gasteiger partial charge in [0.15, 0.2) is 11.9 Å². The number of rotatable bonds is 29. The van der Waals surface area contributed by atoms with Crippen LogP contribution in [0.25, 0.3) is 0 Å². The number of hydrogen-bond donors (Lipinski definition) is 10. The number of nitrogens with one attached hydrogen (secondary N) is 6. The van der Waals surface area contributed by atoms with Crippen molar-refractivity contribution in [1.82, 2.24) is 31.9 Å². The average molecular weight is 815 g/mol. The van der Waals surface area contributed by atoms with Crippen LogP contribution in [0.1, 0.15) is 57.8 Å². The van der Waals surface area contributed by atoms with E-state index < -0.39 is 122 Å². The summed E-state index contributed by atoms with van der Waals surface area (Å²) >= 11 is 0. The van der Waals surface area contributed by atoms with Crippen LogP contribution in [0.3, 0.4) is 0 Å².